The molecule has 1 aromatic rings. The Kier molecular flexibility index (Phi) is 8.70. The molecule has 8 nitrogen and oxygen atoms in total. The van der Waals surface area contributed by atoms with Gasteiger partial charge in [0.1, 0.15) is 17.6 Å². The summed E-state index contributed by atoms with van der Waals surface area (Å²) in [5, 5.41) is 2.98. The number of methoxy groups -OCH3 is 1. The van der Waals surface area contributed by atoms with Crippen LogP contribution in [0.15, 0.2) is 43.0 Å². The van der Waals surface area contributed by atoms with E-state index in [1.807, 2.05) is 44.2 Å². The molecule has 0 unspecified atom stereocenters. The van der Waals surface area contributed by atoms with Crippen molar-refractivity contribution in [3.8, 4) is 0 Å². The van der Waals surface area contributed by atoms with Gasteiger partial charge < -0.3 is 19.9 Å². The van der Waals surface area contributed by atoms with E-state index in [-0.39, 0.29) is 30.2 Å². The van der Waals surface area contributed by atoms with Crippen LogP contribution < -0.4 is 5.32 Å². The minimum Gasteiger partial charge on any atom is -0.467 e. The van der Waals surface area contributed by atoms with Gasteiger partial charge in [-0.3, -0.25) is 14.4 Å². The van der Waals surface area contributed by atoms with Crippen LogP contribution in [0.1, 0.15) is 51.5 Å². The second kappa shape index (κ2) is 11.5. The molecule has 1 aliphatic carbocycles. The second-order valence-electron chi connectivity index (χ2n) is 9.89. The van der Waals surface area contributed by atoms with E-state index in [1.165, 1.54) is 13.2 Å². The summed E-state index contributed by atoms with van der Waals surface area (Å²) in [7, 11) is 1.33. The van der Waals surface area contributed by atoms with Crippen LogP contribution in [-0.2, 0) is 30.3 Å². The number of carbonyl (C=O) groups is 4. The van der Waals surface area contributed by atoms with Crippen molar-refractivity contribution in [1.29, 1.82) is 0 Å². The van der Waals surface area contributed by atoms with Gasteiger partial charge in [0.2, 0.25) is 17.7 Å². The van der Waals surface area contributed by atoms with E-state index in [4.69, 9.17) is 4.74 Å². The molecule has 1 saturated heterocycles. The van der Waals surface area contributed by atoms with E-state index >= 15 is 0 Å². The molecule has 1 heterocycles. The fourth-order valence-electron chi connectivity index (χ4n) is 5.23. The van der Waals surface area contributed by atoms with Gasteiger partial charge in [0.15, 0.2) is 0 Å². The molecule has 3 amide bonds. The van der Waals surface area contributed by atoms with Crippen molar-refractivity contribution in [1.82, 2.24) is 15.1 Å². The number of esters is 1. The summed E-state index contributed by atoms with van der Waals surface area (Å²) in [5.74, 6) is -1.20. The van der Waals surface area contributed by atoms with Gasteiger partial charge >= 0.3 is 5.97 Å². The van der Waals surface area contributed by atoms with Crippen molar-refractivity contribution in [3.05, 3.63) is 48.6 Å². The number of nitrogens with zero attached hydrogens (tertiary/aromatic N) is 2. The Labute approximate surface area is 207 Å². The van der Waals surface area contributed by atoms with E-state index in [0.717, 1.165) is 18.4 Å². The lowest BCUT2D eigenvalue weighted by Crippen LogP contribution is -2.65. The summed E-state index contributed by atoms with van der Waals surface area (Å²) in [4.78, 5) is 55.8. The van der Waals surface area contributed by atoms with Gasteiger partial charge in [-0.2, -0.15) is 0 Å². The highest BCUT2D eigenvalue weighted by Crippen LogP contribution is 2.31. The first-order valence-electron chi connectivity index (χ1n) is 12.4. The summed E-state index contributed by atoms with van der Waals surface area (Å²) in [5.41, 5.74) is -0.161. The highest BCUT2D eigenvalue weighted by Gasteiger charge is 2.47. The highest BCUT2D eigenvalue weighted by atomic mass is 16.5. The number of amides is 3. The summed E-state index contributed by atoms with van der Waals surface area (Å²) in [6.07, 6.45) is 4.67. The van der Waals surface area contributed by atoms with Crippen LogP contribution in [0.2, 0.25) is 0 Å². The van der Waals surface area contributed by atoms with E-state index in [2.05, 4.69) is 11.9 Å². The van der Waals surface area contributed by atoms with Crippen LogP contribution in [0, 0.1) is 5.92 Å². The fourth-order valence-corrected chi connectivity index (χ4v) is 5.23. The molecule has 1 N–H and O–H groups in total. The maximum absolute atomic E-state index is 13.8. The first-order chi connectivity index (χ1) is 16.7. The maximum Gasteiger partial charge on any atom is 0.331 e. The molecular weight excluding hydrogens is 446 g/mol. The zero-order chi connectivity index (χ0) is 25.6. The van der Waals surface area contributed by atoms with Crippen molar-refractivity contribution in [2.75, 3.05) is 20.2 Å². The molecular formula is C27H37N3O5. The average Bonchev–Trinajstić information content (AvgIpc) is 3.33. The average molecular weight is 484 g/mol. The minimum atomic E-state index is -1.07. The van der Waals surface area contributed by atoms with Crippen LogP contribution >= 0.6 is 0 Å². The molecule has 1 aliphatic heterocycles. The van der Waals surface area contributed by atoms with Crippen molar-refractivity contribution in [2.45, 2.75) is 70.0 Å². The number of ether oxygens (including phenoxy) is 1. The van der Waals surface area contributed by atoms with E-state index in [1.54, 1.807) is 9.80 Å². The Morgan fingerprint density at radius 2 is 1.83 bits per heavy atom. The molecule has 2 atom stereocenters. The van der Waals surface area contributed by atoms with Gasteiger partial charge in [-0.15, -0.1) is 0 Å². The standard InChI is InChI=1S/C27H37N3O5/c1-5-23(31)29-15-16-30(25(33)22(29)17-19(2)3)21(18-20-11-7-6-8-12-20)24(32)28-27(26(34)35-4)13-9-10-14-27/h5-8,11-12,19,21-22H,1,9-10,13-18H2,2-4H3,(H,28,32)/t21-,22-/m0/s1. The zero-order valence-corrected chi connectivity index (χ0v) is 21.0. The number of carbonyl (C=O) groups excluding carboxylic acids is 4. The molecule has 190 valence electrons. The summed E-state index contributed by atoms with van der Waals surface area (Å²) in [6, 6.07) is 8.03. The zero-order valence-electron chi connectivity index (χ0n) is 21.0. The molecule has 0 aromatic heterocycles. The van der Waals surface area contributed by atoms with E-state index < -0.39 is 23.6 Å². The molecule has 8 heteroatoms. The molecule has 0 spiro atoms. The molecule has 2 aliphatic rings. The molecule has 0 bridgehead atoms. The lowest BCUT2D eigenvalue weighted by atomic mass is 9.94. The van der Waals surface area contributed by atoms with E-state index in [9.17, 15) is 19.2 Å². The van der Waals surface area contributed by atoms with Gasteiger partial charge in [0.25, 0.3) is 0 Å². The third-order valence-electron chi connectivity index (χ3n) is 7.02. The molecule has 3 rings (SSSR count). The quantitative estimate of drug-likeness (QED) is 0.430. The number of hydrogen-bond acceptors (Lipinski definition) is 5. The van der Waals surface area contributed by atoms with Gasteiger partial charge in [-0.1, -0.05) is 63.6 Å². The smallest absolute Gasteiger partial charge is 0.331 e. The summed E-state index contributed by atoms with van der Waals surface area (Å²) in [6.45, 7) is 8.11. The predicted molar refractivity (Wildman–Crippen MR) is 132 cm³/mol. The molecule has 35 heavy (non-hydrogen) atoms. The Balaban J connectivity index is 1.93. The van der Waals surface area contributed by atoms with Crippen molar-refractivity contribution in [3.63, 3.8) is 0 Å². The minimum absolute atomic E-state index is 0.173. The Bertz CT molecular complexity index is 939. The van der Waals surface area contributed by atoms with Gasteiger partial charge in [0.05, 0.1) is 7.11 Å². The van der Waals surface area contributed by atoms with Crippen LogP contribution in [0.3, 0.4) is 0 Å². The number of piperazine rings is 1. The van der Waals surface area contributed by atoms with Crippen molar-refractivity contribution >= 4 is 23.7 Å². The SMILES string of the molecule is C=CC(=O)N1CCN([C@@H](Cc2ccccc2)C(=O)NC2(C(=O)OC)CCCC2)C(=O)[C@@H]1CC(C)C. The molecule has 1 aromatic carbocycles. The second-order valence-corrected chi connectivity index (χ2v) is 9.89. The van der Waals surface area contributed by atoms with Gasteiger partial charge in [0, 0.05) is 19.5 Å². The Morgan fingerprint density at radius 1 is 1.17 bits per heavy atom. The largest absolute Gasteiger partial charge is 0.467 e. The first-order valence-corrected chi connectivity index (χ1v) is 12.4. The van der Waals surface area contributed by atoms with Crippen LogP contribution in [-0.4, -0.2) is 71.3 Å². The van der Waals surface area contributed by atoms with Crippen molar-refractivity contribution in [2.24, 2.45) is 5.92 Å². The monoisotopic (exact) mass is 483 g/mol. The topological polar surface area (TPSA) is 96.0 Å². The predicted octanol–water partition coefficient (Wildman–Crippen LogP) is 2.47. The molecule has 2 fully saturated rings. The van der Waals surface area contributed by atoms with Gasteiger partial charge in [-0.05, 0) is 36.8 Å². The van der Waals surface area contributed by atoms with Crippen LogP contribution in [0.5, 0.6) is 0 Å². The Hall–Kier alpha value is -3.16. The molecule has 0 radical (unpaired) electrons. The lowest BCUT2D eigenvalue weighted by Gasteiger charge is -2.44. The lowest BCUT2D eigenvalue weighted by molar-refractivity contribution is -0.157. The number of benzene rings is 1. The van der Waals surface area contributed by atoms with Gasteiger partial charge in [-0.25, -0.2) is 4.79 Å². The first kappa shape index (κ1) is 26.4. The normalized spacial score (nSPS) is 20.5. The molecule has 1 saturated carbocycles. The third kappa shape index (κ3) is 5.92. The third-order valence-corrected chi connectivity index (χ3v) is 7.02. The van der Waals surface area contributed by atoms with E-state index in [0.29, 0.717) is 32.2 Å². The van der Waals surface area contributed by atoms with Crippen LogP contribution in [0.4, 0.5) is 0 Å². The number of hydrogen-bond donors (Lipinski definition) is 1. The highest BCUT2D eigenvalue weighted by molar-refractivity contribution is 5.97. The Morgan fingerprint density at radius 3 is 2.40 bits per heavy atom. The van der Waals surface area contributed by atoms with Crippen LogP contribution in [0.25, 0.3) is 0 Å². The number of nitrogens with one attached hydrogen (secondary N) is 1. The summed E-state index contributed by atoms with van der Waals surface area (Å²) >= 11 is 0. The fraction of sp³-hybridized carbons (Fsp3) is 0.556. The maximum atomic E-state index is 13.8. The summed E-state index contributed by atoms with van der Waals surface area (Å²) < 4.78 is 5.03. The number of rotatable bonds is 9. The van der Waals surface area contributed by atoms with Crippen molar-refractivity contribution < 1.29 is 23.9 Å².